The lowest BCUT2D eigenvalue weighted by Crippen LogP contribution is -2.12. The molecule has 1 rings (SSSR count). The van der Waals surface area contributed by atoms with Crippen molar-refractivity contribution in [1.82, 2.24) is 0 Å². The van der Waals surface area contributed by atoms with Crippen LogP contribution < -0.4 is 5.90 Å². The molecule has 0 amide bonds. The van der Waals surface area contributed by atoms with E-state index in [2.05, 4.69) is 4.84 Å². The zero-order valence-corrected chi connectivity index (χ0v) is 8.77. The summed E-state index contributed by atoms with van der Waals surface area (Å²) < 4.78 is 37.7. The molecule has 0 radical (unpaired) electrons. The predicted octanol–water partition coefficient (Wildman–Crippen LogP) is 2.50. The first-order valence-electron chi connectivity index (χ1n) is 4.26. The summed E-state index contributed by atoms with van der Waals surface area (Å²) in [4.78, 5) is 4.21. The molecule has 0 aliphatic carbocycles. The quantitative estimate of drug-likeness (QED) is 0.816. The SMILES string of the molecule is NOCCc1cc(Cl)c(O)cc1C(F)(F)F. The van der Waals surface area contributed by atoms with Crippen molar-refractivity contribution >= 4 is 11.6 Å². The number of nitrogens with two attached hydrogens (primary N) is 1. The maximum Gasteiger partial charge on any atom is 0.416 e. The Balaban J connectivity index is 3.17. The van der Waals surface area contributed by atoms with Crippen LogP contribution in [0.2, 0.25) is 5.02 Å². The van der Waals surface area contributed by atoms with Crippen LogP contribution in [-0.4, -0.2) is 11.7 Å². The van der Waals surface area contributed by atoms with Gasteiger partial charge in [0.05, 0.1) is 17.2 Å². The number of hydrogen-bond acceptors (Lipinski definition) is 3. The van der Waals surface area contributed by atoms with Gasteiger partial charge in [0, 0.05) is 0 Å². The highest BCUT2D eigenvalue weighted by atomic mass is 35.5. The first kappa shape index (κ1) is 13.1. The number of hydrogen-bond donors (Lipinski definition) is 2. The Labute approximate surface area is 94.5 Å². The van der Waals surface area contributed by atoms with Crippen LogP contribution in [0.1, 0.15) is 11.1 Å². The van der Waals surface area contributed by atoms with Crippen molar-refractivity contribution in [2.75, 3.05) is 6.61 Å². The van der Waals surface area contributed by atoms with Crippen LogP contribution in [0, 0.1) is 0 Å². The van der Waals surface area contributed by atoms with Crippen molar-refractivity contribution in [2.45, 2.75) is 12.6 Å². The number of alkyl halides is 3. The fourth-order valence-electron chi connectivity index (χ4n) is 1.24. The van der Waals surface area contributed by atoms with E-state index < -0.39 is 17.5 Å². The summed E-state index contributed by atoms with van der Waals surface area (Å²) >= 11 is 5.53. The summed E-state index contributed by atoms with van der Waals surface area (Å²) in [6.07, 6.45) is -4.59. The van der Waals surface area contributed by atoms with Crippen molar-refractivity contribution in [2.24, 2.45) is 5.90 Å². The van der Waals surface area contributed by atoms with E-state index in [0.29, 0.717) is 6.07 Å². The fourth-order valence-corrected chi connectivity index (χ4v) is 1.43. The molecule has 3 nitrogen and oxygen atoms in total. The van der Waals surface area contributed by atoms with Gasteiger partial charge in [0.2, 0.25) is 0 Å². The van der Waals surface area contributed by atoms with Crippen LogP contribution in [0.4, 0.5) is 13.2 Å². The zero-order valence-electron chi connectivity index (χ0n) is 8.01. The molecule has 0 aromatic heterocycles. The Hall–Kier alpha value is -0.980. The van der Waals surface area contributed by atoms with Gasteiger partial charge in [-0.1, -0.05) is 11.6 Å². The average Bonchev–Trinajstić information content (AvgIpc) is 2.17. The number of halogens is 4. The Bertz CT molecular complexity index is 382. The Morgan fingerprint density at radius 1 is 1.38 bits per heavy atom. The highest BCUT2D eigenvalue weighted by Crippen LogP contribution is 2.37. The number of phenols is 1. The monoisotopic (exact) mass is 255 g/mol. The van der Waals surface area contributed by atoms with Crippen molar-refractivity contribution in [3.05, 3.63) is 28.3 Å². The van der Waals surface area contributed by atoms with Gasteiger partial charge in [0.1, 0.15) is 5.75 Å². The lowest BCUT2D eigenvalue weighted by atomic mass is 10.0. The summed E-state index contributed by atoms with van der Waals surface area (Å²) in [6.45, 7) is -0.0653. The molecule has 0 saturated carbocycles. The molecule has 0 spiro atoms. The lowest BCUT2D eigenvalue weighted by Gasteiger charge is -2.13. The maximum atomic E-state index is 12.6. The molecule has 1 aromatic rings. The van der Waals surface area contributed by atoms with Crippen molar-refractivity contribution in [1.29, 1.82) is 0 Å². The number of rotatable bonds is 3. The van der Waals surface area contributed by atoms with Crippen LogP contribution in [0.25, 0.3) is 0 Å². The molecule has 1 aromatic carbocycles. The fraction of sp³-hybridized carbons (Fsp3) is 0.333. The summed E-state index contributed by atoms with van der Waals surface area (Å²) in [5.74, 6) is 4.13. The molecule has 0 fully saturated rings. The Kier molecular flexibility index (Phi) is 4.01. The molecule has 0 aliphatic heterocycles. The lowest BCUT2D eigenvalue weighted by molar-refractivity contribution is -0.138. The molecule has 0 heterocycles. The highest BCUT2D eigenvalue weighted by Gasteiger charge is 2.34. The maximum absolute atomic E-state index is 12.6. The molecular weight excluding hydrogens is 247 g/mol. The standard InChI is InChI=1S/C9H9ClF3NO2/c10-7-3-5(1-2-16-14)6(4-8(7)15)9(11,12)13/h3-4,15H,1-2,14H2. The van der Waals surface area contributed by atoms with Crippen molar-refractivity contribution in [3.8, 4) is 5.75 Å². The third-order valence-corrected chi connectivity index (χ3v) is 2.27. The van der Waals surface area contributed by atoms with E-state index in [1.807, 2.05) is 0 Å². The second-order valence-corrected chi connectivity index (χ2v) is 3.49. The minimum atomic E-state index is -4.55. The molecule has 7 heteroatoms. The number of benzene rings is 1. The van der Waals surface area contributed by atoms with Gasteiger partial charge in [-0.2, -0.15) is 13.2 Å². The zero-order chi connectivity index (χ0) is 12.3. The summed E-state index contributed by atoms with van der Waals surface area (Å²) in [5.41, 5.74) is -1.01. The third-order valence-electron chi connectivity index (χ3n) is 1.97. The van der Waals surface area contributed by atoms with Gasteiger partial charge in [-0.05, 0) is 24.1 Å². The second-order valence-electron chi connectivity index (χ2n) is 3.08. The molecular formula is C9H9ClF3NO2. The Morgan fingerprint density at radius 2 is 2.00 bits per heavy atom. The van der Waals surface area contributed by atoms with Crippen LogP contribution in [-0.2, 0) is 17.4 Å². The molecule has 90 valence electrons. The van der Waals surface area contributed by atoms with E-state index >= 15 is 0 Å². The van der Waals surface area contributed by atoms with Crippen LogP contribution in [0.15, 0.2) is 12.1 Å². The minimum absolute atomic E-state index is 0.0364. The largest absolute Gasteiger partial charge is 0.506 e. The molecule has 0 atom stereocenters. The van der Waals surface area contributed by atoms with E-state index in [0.717, 1.165) is 6.07 Å². The first-order valence-corrected chi connectivity index (χ1v) is 4.64. The van der Waals surface area contributed by atoms with Crippen molar-refractivity contribution in [3.63, 3.8) is 0 Å². The van der Waals surface area contributed by atoms with E-state index in [-0.39, 0.29) is 23.6 Å². The predicted molar refractivity (Wildman–Crippen MR) is 52.0 cm³/mol. The molecule has 0 saturated heterocycles. The molecule has 0 aliphatic rings. The minimum Gasteiger partial charge on any atom is -0.506 e. The van der Waals surface area contributed by atoms with Gasteiger partial charge in [-0.25, -0.2) is 5.90 Å². The van der Waals surface area contributed by atoms with Crippen LogP contribution in [0.5, 0.6) is 5.75 Å². The van der Waals surface area contributed by atoms with Gasteiger partial charge < -0.3 is 9.94 Å². The smallest absolute Gasteiger partial charge is 0.416 e. The molecule has 0 unspecified atom stereocenters. The summed E-state index contributed by atoms with van der Waals surface area (Å²) in [7, 11) is 0. The normalized spacial score (nSPS) is 11.8. The third kappa shape index (κ3) is 3.01. The van der Waals surface area contributed by atoms with Gasteiger partial charge in [0.15, 0.2) is 0 Å². The van der Waals surface area contributed by atoms with Crippen molar-refractivity contribution < 1.29 is 23.1 Å². The van der Waals surface area contributed by atoms with Crippen LogP contribution >= 0.6 is 11.6 Å². The number of aromatic hydroxyl groups is 1. The van der Waals surface area contributed by atoms with Gasteiger partial charge in [-0.3, -0.25) is 0 Å². The van der Waals surface area contributed by atoms with E-state index in [4.69, 9.17) is 22.6 Å². The van der Waals surface area contributed by atoms with Gasteiger partial charge in [0.25, 0.3) is 0 Å². The molecule has 0 bridgehead atoms. The topological polar surface area (TPSA) is 55.5 Å². The first-order chi connectivity index (χ1) is 7.36. The Morgan fingerprint density at radius 3 is 2.50 bits per heavy atom. The second kappa shape index (κ2) is 4.90. The van der Waals surface area contributed by atoms with Gasteiger partial charge >= 0.3 is 6.18 Å². The van der Waals surface area contributed by atoms with Gasteiger partial charge in [-0.15, -0.1) is 0 Å². The summed E-state index contributed by atoms with van der Waals surface area (Å²) in [6, 6.07) is 1.65. The van der Waals surface area contributed by atoms with E-state index in [1.165, 1.54) is 0 Å². The summed E-state index contributed by atoms with van der Waals surface area (Å²) in [5, 5.41) is 8.99. The molecule has 16 heavy (non-hydrogen) atoms. The molecule has 3 N–H and O–H groups in total. The highest BCUT2D eigenvalue weighted by molar-refractivity contribution is 6.32. The number of phenolic OH excluding ortho intramolecular Hbond substituents is 1. The average molecular weight is 256 g/mol. The van der Waals surface area contributed by atoms with Crippen LogP contribution in [0.3, 0.4) is 0 Å². The van der Waals surface area contributed by atoms with E-state index in [1.54, 1.807) is 0 Å². The van der Waals surface area contributed by atoms with E-state index in [9.17, 15) is 13.2 Å².